The number of hydrogen-bond donors (Lipinski definition) is 1. The quantitative estimate of drug-likeness (QED) is 0.793. The Labute approximate surface area is 117 Å². The Morgan fingerprint density at radius 1 is 1.20 bits per heavy atom. The molecular formula is C16H16N2O2. The predicted molar refractivity (Wildman–Crippen MR) is 77.9 cm³/mol. The van der Waals surface area contributed by atoms with Gasteiger partial charge in [-0.2, -0.15) is 0 Å². The van der Waals surface area contributed by atoms with E-state index in [0.29, 0.717) is 6.61 Å². The summed E-state index contributed by atoms with van der Waals surface area (Å²) in [6, 6.07) is 13.1. The van der Waals surface area contributed by atoms with E-state index in [9.17, 15) is 5.11 Å². The maximum absolute atomic E-state index is 9.49. The van der Waals surface area contributed by atoms with Gasteiger partial charge in [0.05, 0.1) is 11.0 Å². The molecule has 102 valence electrons. The van der Waals surface area contributed by atoms with E-state index in [2.05, 4.69) is 4.98 Å². The van der Waals surface area contributed by atoms with Crippen molar-refractivity contribution < 1.29 is 9.84 Å². The Morgan fingerprint density at radius 3 is 2.80 bits per heavy atom. The Kier molecular flexibility index (Phi) is 3.06. The lowest BCUT2D eigenvalue weighted by atomic mass is 10.2. The van der Waals surface area contributed by atoms with E-state index in [1.54, 1.807) is 12.1 Å². The monoisotopic (exact) mass is 268 g/mol. The summed E-state index contributed by atoms with van der Waals surface area (Å²) in [6.45, 7) is 2.42. The number of ether oxygens (including phenoxy) is 1. The van der Waals surface area contributed by atoms with Gasteiger partial charge < -0.3 is 14.4 Å². The van der Waals surface area contributed by atoms with Crippen molar-refractivity contribution in [3.63, 3.8) is 0 Å². The summed E-state index contributed by atoms with van der Waals surface area (Å²) in [4.78, 5) is 4.50. The van der Waals surface area contributed by atoms with E-state index in [4.69, 9.17) is 4.74 Å². The maximum atomic E-state index is 9.49. The highest BCUT2D eigenvalue weighted by atomic mass is 16.5. The van der Waals surface area contributed by atoms with Crippen LogP contribution in [0.1, 0.15) is 11.4 Å². The SMILES string of the molecule is Cc1ccccc1OCc1nc2cc(O)ccc2n1C. The van der Waals surface area contributed by atoms with E-state index in [0.717, 1.165) is 28.2 Å². The summed E-state index contributed by atoms with van der Waals surface area (Å²) in [5, 5.41) is 9.49. The fraction of sp³-hybridized carbons (Fsp3) is 0.188. The Hall–Kier alpha value is -2.49. The van der Waals surface area contributed by atoms with Crippen molar-refractivity contribution in [2.75, 3.05) is 0 Å². The number of aromatic hydroxyl groups is 1. The van der Waals surface area contributed by atoms with Crippen LogP contribution in [0.3, 0.4) is 0 Å². The molecule has 4 nitrogen and oxygen atoms in total. The number of para-hydroxylation sites is 1. The van der Waals surface area contributed by atoms with Crippen LogP contribution < -0.4 is 4.74 Å². The number of phenols is 1. The number of nitrogens with zero attached hydrogens (tertiary/aromatic N) is 2. The molecule has 0 amide bonds. The number of rotatable bonds is 3. The molecule has 2 aromatic carbocycles. The topological polar surface area (TPSA) is 47.3 Å². The molecular weight excluding hydrogens is 252 g/mol. The van der Waals surface area contributed by atoms with Crippen molar-refractivity contribution >= 4 is 11.0 Å². The summed E-state index contributed by atoms with van der Waals surface area (Å²) in [7, 11) is 1.95. The zero-order valence-electron chi connectivity index (χ0n) is 11.5. The third-order valence-electron chi connectivity index (χ3n) is 3.41. The van der Waals surface area contributed by atoms with Crippen LogP contribution in [0.5, 0.6) is 11.5 Å². The van der Waals surface area contributed by atoms with Crippen molar-refractivity contribution in [2.45, 2.75) is 13.5 Å². The van der Waals surface area contributed by atoms with Gasteiger partial charge in [-0.05, 0) is 30.7 Å². The van der Waals surface area contributed by atoms with E-state index in [-0.39, 0.29) is 5.75 Å². The van der Waals surface area contributed by atoms with Crippen LogP contribution in [0, 0.1) is 6.92 Å². The number of hydrogen-bond acceptors (Lipinski definition) is 3. The summed E-state index contributed by atoms with van der Waals surface area (Å²) < 4.78 is 7.80. The summed E-state index contributed by atoms with van der Waals surface area (Å²) in [5.74, 6) is 1.92. The first kappa shape index (κ1) is 12.5. The van der Waals surface area contributed by atoms with Crippen LogP contribution in [0.25, 0.3) is 11.0 Å². The minimum absolute atomic E-state index is 0.224. The Bertz CT molecular complexity index is 762. The molecule has 0 aliphatic rings. The van der Waals surface area contributed by atoms with Crippen molar-refractivity contribution in [1.29, 1.82) is 0 Å². The molecule has 0 spiro atoms. The molecule has 0 bridgehead atoms. The van der Waals surface area contributed by atoms with Gasteiger partial charge in [-0.25, -0.2) is 4.98 Å². The smallest absolute Gasteiger partial charge is 0.147 e. The second-order valence-electron chi connectivity index (χ2n) is 4.81. The van der Waals surface area contributed by atoms with Crippen molar-refractivity contribution in [3.05, 3.63) is 53.9 Å². The van der Waals surface area contributed by atoms with Gasteiger partial charge in [0.1, 0.15) is 23.9 Å². The van der Waals surface area contributed by atoms with Crippen LogP contribution in [0.2, 0.25) is 0 Å². The molecule has 0 aliphatic carbocycles. The van der Waals surface area contributed by atoms with Gasteiger partial charge in [0, 0.05) is 13.1 Å². The number of fused-ring (bicyclic) bond motifs is 1. The van der Waals surface area contributed by atoms with Crippen molar-refractivity contribution in [1.82, 2.24) is 9.55 Å². The summed E-state index contributed by atoms with van der Waals surface area (Å²) >= 11 is 0. The standard InChI is InChI=1S/C16H16N2O2/c1-11-5-3-4-6-15(11)20-10-16-17-13-9-12(19)7-8-14(13)18(16)2/h3-9,19H,10H2,1-2H3. The molecule has 0 atom stereocenters. The third kappa shape index (κ3) is 2.20. The zero-order valence-corrected chi connectivity index (χ0v) is 11.5. The molecule has 3 aromatic rings. The third-order valence-corrected chi connectivity index (χ3v) is 3.41. The van der Waals surface area contributed by atoms with Crippen molar-refractivity contribution in [3.8, 4) is 11.5 Å². The van der Waals surface area contributed by atoms with Crippen molar-refractivity contribution in [2.24, 2.45) is 7.05 Å². The number of aryl methyl sites for hydroxylation is 2. The molecule has 0 saturated heterocycles. The normalized spacial score (nSPS) is 10.9. The van der Waals surface area contributed by atoms with E-state index >= 15 is 0 Å². The lowest BCUT2D eigenvalue weighted by Crippen LogP contribution is -2.04. The van der Waals surface area contributed by atoms with E-state index in [1.165, 1.54) is 0 Å². The second kappa shape index (κ2) is 4.89. The highest BCUT2D eigenvalue weighted by molar-refractivity contribution is 5.77. The zero-order chi connectivity index (χ0) is 14.1. The van der Waals surface area contributed by atoms with E-state index in [1.807, 2.05) is 48.9 Å². The molecule has 1 heterocycles. The summed E-state index contributed by atoms with van der Waals surface area (Å²) in [6.07, 6.45) is 0. The number of imidazole rings is 1. The number of benzene rings is 2. The minimum Gasteiger partial charge on any atom is -0.508 e. The molecule has 0 fully saturated rings. The number of phenolic OH excluding ortho intramolecular Hbond substituents is 1. The predicted octanol–water partition coefficient (Wildman–Crippen LogP) is 3.17. The van der Waals surface area contributed by atoms with Crippen LogP contribution in [-0.4, -0.2) is 14.7 Å². The first-order valence-electron chi connectivity index (χ1n) is 6.48. The highest BCUT2D eigenvalue weighted by Crippen LogP contribution is 2.22. The van der Waals surface area contributed by atoms with E-state index < -0.39 is 0 Å². The van der Waals surface area contributed by atoms with Crippen LogP contribution in [-0.2, 0) is 13.7 Å². The van der Waals surface area contributed by atoms with Gasteiger partial charge in [-0.3, -0.25) is 0 Å². The highest BCUT2D eigenvalue weighted by Gasteiger charge is 2.09. The molecule has 0 unspecified atom stereocenters. The minimum atomic E-state index is 0.224. The number of aromatic nitrogens is 2. The Morgan fingerprint density at radius 2 is 2.00 bits per heavy atom. The lowest BCUT2D eigenvalue weighted by Gasteiger charge is -2.08. The average molecular weight is 268 g/mol. The van der Waals surface area contributed by atoms with Gasteiger partial charge in [0.25, 0.3) is 0 Å². The first-order chi connectivity index (χ1) is 9.65. The second-order valence-corrected chi connectivity index (χ2v) is 4.81. The fourth-order valence-corrected chi connectivity index (χ4v) is 2.23. The maximum Gasteiger partial charge on any atom is 0.147 e. The first-order valence-corrected chi connectivity index (χ1v) is 6.48. The molecule has 0 aliphatic heterocycles. The summed E-state index contributed by atoms with van der Waals surface area (Å²) in [5.41, 5.74) is 2.85. The molecule has 1 N–H and O–H groups in total. The molecule has 0 radical (unpaired) electrons. The molecule has 20 heavy (non-hydrogen) atoms. The molecule has 0 saturated carbocycles. The largest absolute Gasteiger partial charge is 0.508 e. The van der Waals surface area contributed by atoms with Gasteiger partial charge >= 0.3 is 0 Å². The Balaban J connectivity index is 1.88. The van der Waals surface area contributed by atoms with Crippen LogP contribution in [0.15, 0.2) is 42.5 Å². The molecule has 3 rings (SSSR count). The van der Waals surface area contributed by atoms with Crippen LogP contribution in [0.4, 0.5) is 0 Å². The van der Waals surface area contributed by atoms with Gasteiger partial charge in [0.15, 0.2) is 0 Å². The average Bonchev–Trinajstić information content (AvgIpc) is 2.74. The van der Waals surface area contributed by atoms with Crippen LogP contribution >= 0.6 is 0 Å². The van der Waals surface area contributed by atoms with Gasteiger partial charge in [-0.1, -0.05) is 18.2 Å². The van der Waals surface area contributed by atoms with Gasteiger partial charge in [-0.15, -0.1) is 0 Å². The van der Waals surface area contributed by atoms with Gasteiger partial charge in [0.2, 0.25) is 0 Å². The lowest BCUT2D eigenvalue weighted by molar-refractivity contribution is 0.290. The molecule has 4 heteroatoms. The molecule has 1 aromatic heterocycles. The fourth-order valence-electron chi connectivity index (χ4n) is 2.23.